The highest BCUT2D eigenvalue weighted by atomic mass is 35.5. The van der Waals surface area contributed by atoms with Crippen LogP contribution in [0.5, 0.6) is 5.75 Å². The number of hydrogen-bond donors (Lipinski definition) is 1. The zero-order valence-electron chi connectivity index (χ0n) is 14.2. The molecule has 7 nitrogen and oxygen atoms in total. The fraction of sp³-hybridized carbons (Fsp3) is 0.222. The van der Waals surface area contributed by atoms with Crippen LogP contribution in [0.1, 0.15) is 27.8 Å². The molecule has 0 saturated heterocycles. The Labute approximate surface area is 164 Å². The summed E-state index contributed by atoms with van der Waals surface area (Å²) in [7, 11) is 1.50. The predicted octanol–water partition coefficient (Wildman–Crippen LogP) is 3.54. The van der Waals surface area contributed by atoms with Crippen molar-refractivity contribution in [2.75, 3.05) is 13.7 Å². The quantitative estimate of drug-likeness (QED) is 0.708. The molecule has 27 heavy (non-hydrogen) atoms. The molecule has 1 atom stereocenters. The maximum absolute atomic E-state index is 12.8. The highest BCUT2D eigenvalue weighted by molar-refractivity contribution is 6.45. The summed E-state index contributed by atoms with van der Waals surface area (Å²) in [5.41, 5.74) is 2.28. The lowest BCUT2D eigenvalue weighted by molar-refractivity contribution is 0.0715. The van der Waals surface area contributed by atoms with Gasteiger partial charge in [0.05, 0.1) is 41.1 Å². The molecular weight excluding hydrogens is 389 g/mol. The van der Waals surface area contributed by atoms with E-state index in [9.17, 15) is 10.1 Å². The van der Waals surface area contributed by atoms with Crippen molar-refractivity contribution in [2.45, 2.75) is 12.5 Å². The fourth-order valence-corrected chi connectivity index (χ4v) is 3.62. The van der Waals surface area contributed by atoms with Crippen LogP contribution in [0.25, 0.3) is 10.9 Å². The molecule has 4 rings (SSSR count). The smallest absolute Gasteiger partial charge is 0.292 e. The number of carbonyl (C=O) groups is 1. The van der Waals surface area contributed by atoms with Gasteiger partial charge in [0.15, 0.2) is 5.75 Å². The number of H-pyrrole nitrogens is 1. The number of nitrogens with one attached hydrogen (secondary N) is 1. The third-order valence-corrected chi connectivity index (χ3v) is 5.41. The maximum Gasteiger partial charge on any atom is 0.292 e. The van der Waals surface area contributed by atoms with Crippen molar-refractivity contribution in [3.05, 3.63) is 51.7 Å². The van der Waals surface area contributed by atoms with Gasteiger partial charge in [0.1, 0.15) is 5.92 Å². The third kappa shape index (κ3) is 2.87. The third-order valence-electron chi connectivity index (χ3n) is 4.60. The van der Waals surface area contributed by atoms with Gasteiger partial charge >= 0.3 is 0 Å². The number of hydrogen-bond acceptors (Lipinski definition) is 5. The summed E-state index contributed by atoms with van der Waals surface area (Å²) < 4.78 is 5.01. The molecule has 0 aliphatic carbocycles. The van der Waals surface area contributed by atoms with Gasteiger partial charge in [-0.15, -0.1) is 0 Å². The van der Waals surface area contributed by atoms with E-state index in [2.05, 4.69) is 21.0 Å². The molecule has 1 N–H and O–H groups in total. The van der Waals surface area contributed by atoms with Gasteiger partial charge in [-0.05, 0) is 6.07 Å². The molecular formula is C18H13Cl2N5O2. The SMILES string of the molecule is COc1cnc(C(=O)N2Cc3c([nH]c4c(Cl)c(Cl)ccc34)C(C#N)C2)nc1. The van der Waals surface area contributed by atoms with Crippen molar-refractivity contribution in [1.29, 1.82) is 5.26 Å². The lowest BCUT2D eigenvalue weighted by Gasteiger charge is -2.29. The van der Waals surface area contributed by atoms with E-state index in [1.54, 1.807) is 11.0 Å². The summed E-state index contributed by atoms with van der Waals surface area (Å²) in [4.78, 5) is 25.7. The molecule has 0 bridgehead atoms. The largest absolute Gasteiger partial charge is 0.494 e. The van der Waals surface area contributed by atoms with Gasteiger partial charge in [-0.1, -0.05) is 29.3 Å². The molecule has 3 aromatic rings. The molecule has 136 valence electrons. The van der Waals surface area contributed by atoms with E-state index < -0.39 is 5.92 Å². The number of aromatic amines is 1. The van der Waals surface area contributed by atoms with Crippen molar-refractivity contribution in [2.24, 2.45) is 0 Å². The molecule has 1 aromatic carbocycles. The first-order valence-corrected chi connectivity index (χ1v) is 8.82. The van der Waals surface area contributed by atoms with Crippen LogP contribution in [0.15, 0.2) is 24.5 Å². The highest BCUT2D eigenvalue weighted by Crippen LogP contribution is 2.38. The minimum absolute atomic E-state index is 0.0526. The topological polar surface area (TPSA) is 94.9 Å². The van der Waals surface area contributed by atoms with Crippen LogP contribution in [-0.4, -0.2) is 39.4 Å². The summed E-state index contributed by atoms with van der Waals surface area (Å²) in [6.07, 6.45) is 2.87. The minimum atomic E-state index is -0.516. The van der Waals surface area contributed by atoms with Crippen LogP contribution in [0.3, 0.4) is 0 Å². The van der Waals surface area contributed by atoms with E-state index in [0.717, 1.165) is 16.6 Å². The van der Waals surface area contributed by atoms with Gasteiger partial charge in [-0.25, -0.2) is 9.97 Å². The van der Waals surface area contributed by atoms with Gasteiger partial charge in [0.25, 0.3) is 5.91 Å². The number of ether oxygens (including phenoxy) is 1. The number of halogens is 2. The molecule has 0 fully saturated rings. The number of amides is 1. The van der Waals surface area contributed by atoms with Crippen molar-refractivity contribution in [3.8, 4) is 11.8 Å². The summed E-state index contributed by atoms with van der Waals surface area (Å²) in [6, 6.07) is 5.79. The summed E-state index contributed by atoms with van der Waals surface area (Å²) >= 11 is 12.4. The lowest BCUT2D eigenvalue weighted by Crippen LogP contribution is -2.38. The van der Waals surface area contributed by atoms with E-state index >= 15 is 0 Å². The Kier molecular flexibility index (Phi) is 4.38. The molecule has 2 aromatic heterocycles. The number of methoxy groups -OCH3 is 1. The van der Waals surface area contributed by atoms with E-state index in [-0.39, 0.29) is 18.3 Å². The van der Waals surface area contributed by atoms with E-state index in [1.807, 2.05) is 6.07 Å². The van der Waals surface area contributed by atoms with Crippen molar-refractivity contribution >= 4 is 40.0 Å². The second kappa shape index (κ2) is 6.72. The Hall–Kier alpha value is -2.82. The first-order chi connectivity index (χ1) is 13.0. The molecule has 9 heteroatoms. The van der Waals surface area contributed by atoms with Crippen molar-refractivity contribution < 1.29 is 9.53 Å². The number of fused-ring (bicyclic) bond motifs is 3. The second-order valence-corrected chi connectivity index (χ2v) is 6.90. The summed E-state index contributed by atoms with van der Waals surface area (Å²) in [6.45, 7) is 0.551. The number of rotatable bonds is 2. The van der Waals surface area contributed by atoms with Gasteiger partial charge < -0.3 is 14.6 Å². The van der Waals surface area contributed by atoms with Gasteiger partial charge in [0.2, 0.25) is 5.82 Å². The van der Waals surface area contributed by atoms with Crippen molar-refractivity contribution in [3.63, 3.8) is 0 Å². The van der Waals surface area contributed by atoms with Crippen LogP contribution in [-0.2, 0) is 6.54 Å². The highest BCUT2D eigenvalue weighted by Gasteiger charge is 2.33. The van der Waals surface area contributed by atoms with Gasteiger partial charge in [-0.2, -0.15) is 5.26 Å². The Morgan fingerprint density at radius 2 is 2.11 bits per heavy atom. The van der Waals surface area contributed by atoms with Gasteiger partial charge in [0, 0.05) is 29.7 Å². The second-order valence-electron chi connectivity index (χ2n) is 6.12. The van der Waals surface area contributed by atoms with Crippen LogP contribution < -0.4 is 4.74 Å². The molecule has 1 amide bonds. The Balaban J connectivity index is 1.74. The summed E-state index contributed by atoms with van der Waals surface area (Å²) in [5, 5.41) is 11.3. The Morgan fingerprint density at radius 1 is 1.37 bits per heavy atom. The zero-order valence-corrected chi connectivity index (χ0v) is 15.7. The molecule has 0 radical (unpaired) electrons. The molecule has 1 aliphatic heterocycles. The number of aromatic nitrogens is 3. The fourth-order valence-electron chi connectivity index (χ4n) is 3.25. The van der Waals surface area contributed by atoms with Crippen LogP contribution in [0.4, 0.5) is 0 Å². The van der Waals surface area contributed by atoms with Gasteiger partial charge in [-0.3, -0.25) is 4.79 Å². The number of nitrogens with zero attached hydrogens (tertiary/aromatic N) is 4. The monoisotopic (exact) mass is 401 g/mol. The molecule has 1 unspecified atom stereocenters. The molecule has 1 aliphatic rings. The van der Waals surface area contributed by atoms with Crippen LogP contribution >= 0.6 is 23.2 Å². The lowest BCUT2D eigenvalue weighted by atomic mass is 9.96. The molecule has 0 saturated carbocycles. The zero-order chi connectivity index (χ0) is 19.1. The predicted molar refractivity (Wildman–Crippen MR) is 100.0 cm³/mol. The normalized spacial score (nSPS) is 16.1. The van der Waals surface area contributed by atoms with Crippen LogP contribution in [0, 0.1) is 11.3 Å². The maximum atomic E-state index is 12.8. The summed E-state index contributed by atoms with van der Waals surface area (Å²) in [5.74, 6) is -0.349. The number of carbonyl (C=O) groups excluding carboxylic acids is 1. The standard InChI is InChI=1S/C18H13Cl2N5O2/c1-27-10-5-22-17(23-6-10)18(26)25-7-9(4-21)15-12(8-25)11-2-3-13(19)14(20)16(11)24-15/h2-3,5-6,9,24H,7-8H2,1H3. The van der Waals surface area contributed by atoms with E-state index in [4.69, 9.17) is 27.9 Å². The number of nitriles is 1. The van der Waals surface area contributed by atoms with Crippen molar-refractivity contribution in [1.82, 2.24) is 19.9 Å². The molecule has 3 heterocycles. The van der Waals surface area contributed by atoms with E-state index in [0.29, 0.717) is 27.9 Å². The first-order valence-electron chi connectivity index (χ1n) is 8.06. The Bertz CT molecular complexity index is 1090. The average Bonchev–Trinajstić information content (AvgIpc) is 3.09. The van der Waals surface area contributed by atoms with E-state index in [1.165, 1.54) is 19.5 Å². The average molecular weight is 402 g/mol. The molecule has 0 spiro atoms. The first kappa shape index (κ1) is 17.6. The Morgan fingerprint density at radius 3 is 2.78 bits per heavy atom. The van der Waals surface area contributed by atoms with Crippen LogP contribution in [0.2, 0.25) is 10.0 Å². The minimum Gasteiger partial charge on any atom is -0.494 e. The number of benzene rings is 1.